The fourth-order valence-electron chi connectivity index (χ4n) is 2.41. The van der Waals surface area contributed by atoms with Gasteiger partial charge in [0.1, 0.15) is 11.8 Å². The Morgan fingerprint density at radius 2 is 1.77 bits per heavy atom. The van der Waals surface area contributed by atoms with Gasteiger partial charge in [-0.2, -0.15) is 0 Å². The zero-order valence-electron chi connectivity index (χ0n) is 13.3. The third-order valence-corrected chi connectivity index (χ3v) is 3.56. The maximum absolute atomic E-state index is 11.7. The highest BCUT2D eigenvalue weighted by atomic mass is 16.5. The highest BCUT2D eigenvalue weighted by molar-refractivity contribution is 5.94. The van der Waals surface area contributed by atoms with Gasteiger partial charge in [-0.1, -0.05) is 26.0 Å². The predicted molar refractivity (Wildman–Crippen MR) is 85.8 cm³/mol. The van der Waals surface area contributed by atoms with Crippen LogP contribution in [0.1, 0.15) is 30.9 Å². The first kappa shape index (κ1) is 15.9. The molecule has 0 aliphatic rings. The van der Waals surface area contributed by atoms with Crippen LogP contribution in [0.15, 0.2) is 42.5 Å². The number of methoxy groups -OCH3 is 1. The highest BCUT2D eigenvalue weighted by Crippen LogP contribution is 2.34. The van der Waals surface area contributed by atoms with Gasteiger partial charge in [0.15, 0.2) is 0 Å². The van der Waals surface area contributed by atoms with E-state index in [0.717, 1.165) is 11.1 Å². The van der Waals surface area contributed by atoms with Gasteiger partial charge in [0.25, 0.3) is 0 Å². The van der Waals surface area contributed by atoms with Crippen LogP contribution in [0.3, 0.4) is 0 Å². The minimum Gasteiger partial charge on any atom is -0.529 e. The maximum atomic E-state index is 11.7. The summed E-state index contributed by atoms with van der Waals surface area (Å²) in [6.07, 6.45) is -1.25. The second kappa shape index (κ2) is 6.52. The summed E-state index contributed by atoms with van der Waals surface area (Å²) >= 11 is 0. The summed E-state index contributed by atoms with van der Waals surface area (Å²) in [5.74, 6) is 0.881. The Labute approximate surface area is 131 Å². The minimum absolute atomic E-state index is 0.204. The second-order valence-electron chi connectivity index (χ2n) is 5.52. The second-order valence-corrected chi connectivity index (χ2v) is 5.52. The number of carbonyl (C=O) groups is 1. The van der Waals surface area contributed by atoms with Crippen LogP contribution in [0.4, 0.5) is 16.2 Å². The molecule has 2 aromatic carbocycles. The Morgan fingerprint density at radius 3 is 2.27 bits per heavy atom. The molecule has 1 amide bonds. The van der Waals surface area contributed by atoms with Crippen LogP contribution in [0, 0.1) is 6.92 Å². The van der Waals surface area contributed by atoms with Crippen molar-refractivity contribution in [2.24, 2.45) is 0 Å². The molecule has 22 heavy (non-hydrogen) atoms. The molecule has 2 aromatic rings. The average molecular weight is 298 g/mol. The number of nitrogens with zero attached hydrogens (tertiary/aromatic N) is 1. The molecule has 0 saturated carbocycles. The number of hydrogen-bond acceptors (Lipinski definition) is 3. The van der Waals surface area contributed by atoms with E-state index in [1.165, 1.54) is 4.90 Å². The molecule has 0 saturated heterocycles. The summed E-state index contributed by atoms with van der Waals surface area (Å²) in [5.41, 5.74) is 3.14. The van der Waals surface area contributed by atoms with E-state index in [1.54, 1.807) is 31.4 Å². The maximum Gasteiger partial charge on any atom is 0.146 e. The van der Waals surface area contributed by atoms with E-state index in [-0.39, 0.29) is 5.92 Å². The van der Waals surface area contributed by atoms with Gasteiger partial charge >= 0.3 is 0 Å². The summed E-state index contributed by atoms with van der Waals surface area (Å²) < 4.78 is 5.11. The van der Waals surface area contributed by atoms with Crippen LogP contribution in [0.5, 0.6) is 5.75 Å². The molecule has 0 unspecified atom stereocenters. The SMILES string of the molecule is COc1ccc(N(C(=O)[O-])c2cc(C)ccc2C(C)C)cc1. The van der Waals surface area contributed by atoms with E-state index in [2.05, 4.69) is 0 Å². The Hall–Kier alpha value is -2.49. The smallest absolute Gasteiger partial charge is 0.146 e. The normalized spacial score (nSPS) is 10.6. The van der Waals surface area contributed by atoms with Crippen molar-refractivity contribution in [3.63, 3.8) is 0 Å². The van der Waals surface area contributed by atoms with Gasteiger partial charge in [-0.15, -0.1) is 0 Å². The number of carboxylic acid groups (broad SMARTS) is 1. The first-order chi connectivity index (χ1) is 10.4. The van der Waals surface area contributed by atoms with E-state index < -0.39 is 6.09 Å². The van der Waals surface area contributed by atoms with Crippen LogP contribution < -0.4 is 14.7 Å². The van der Waals surface area contributed by atoms with E-state index in [9.17, 15) is 9.90 Å². The van der Waals surface area contributed by atoms with E-state index in [4.69, 9.17) is 4.74 Å². The summed E-state index contributed by atoms with van der Waals surface area (Å²) in [4.78, 5) is 12.9. The molecule has 0 aliphatic carbocycles. The highest BCUT2D eigenvalue weighted by Gasteiger charge is 2.17. The molecule has 2 rings (SSSR count). The number of ether oxygens (including phenoxy) is 1. The lowest BCUT2D eigenvalue weighted by Crippen LogP contribution is -2.38. The van der Waals surface area contributed by atoms with Crippen molar-refractivity contribution < 1.29 is 14.6 Å². The van der Waals surface area contributed by atoms with Crippen LogP contribution in [0.2, 0.25) is 0 Å². The predicted octanol–water partition coefficient (Wildman–Crippen LogP) is 3.61. The first-order valence-corrected chi connectivity index (χ1v) is 7.19. The topological polar surface area (TPSA) is 52.6 Å². The van der Waals surface area contributed by atoms with Crippen molar-refractivity contribution in [2.75, 3.05) is 12.0 Å². The van der Waals surface area contributed by atoms with Crippen molar-refractivity contribution in [1.82, 2.24) is 0 Å². The van der Waals surface area contributed by atoms with Crippen LogP contribution in [0.25, 0.3) is 0 Å². The van der Waals surface area contributed by atoms with Crippen LogP contribution in [-0.2, 0) is 0 Å². The Bertz CT molecular complexity index is 663. The molecule has 0 N–H and O–H groups in total. The number of hydrogen-bond donors (Lipinski definition) is 0. The molecule has 4 heteroatoms. The van der Waals surface area contributed by atoms with Gasteiger partial charge in [-0.25, -0.2) is 0 Å². The number of benzene rings is 2. The first-order valence-electron chi connectivity index (χ1n) is 7.19. The molecule has 0 aromatic heterocycles. The monoisotopic (exact) mass is 298 g/mol. The van der Waals surface area contributed by atoms with Gasteiger partial charge in [-0.05, 0) is 54.3 Å². The largest absolute Gasteiger partial charge is 0.529 e. The summed E-state index contributed by atoms with van der Waals surface area (Å²) in [5, 5.41) is 11.7. The van der Waals surface area contributed by atoms with E-state index in [0.29, 0.717) is 17.1 Å². The molecule has 0 fully saturated rings. The van der Waals surface area contributed by atoms with Crippen molar-refractivity contribution in [1.29, 1.82) is 0 Å². The zero-order chi connectivity index (χ0) is 16.3. The van der Waals surface area contributed by atoms with Crippen molar-refractivity contribution in [3.8, 4) is 5.75 Å². The molecule has 0 atom stereocenters. The molecular formula is C18H20NO3-. The fourth-order valence-corrected chi connectivity index (χ4v) is 2.41. The molecule has 0 heterocycles. The molecule has 0 bridgehead atoms. The quantitative estimate of drug-likeness (QED) is 0.866. The lowest BCUT2D eigenvalue weighted by atomic mass is 9.98. The molecule has 0 spiro atoms. The number of anilines is 2. The number of carbonyl (C=O) groups excluding carboxylic acids is 1. The third kappa shape index (κ3) is 3.22. The third-order valence-electron chi connectivity index (χ3n) is 3.56. The van der Waals surface area contributed by atoms with Gasteiger partial charge in [0.05, 0.1) is 12.8 Å². The van der Waals surface area contributed by atoms with Crippen molar-refractivity contribution in [2.45, 2.75) is 26.7 Å². The molecule has 4 nitrogen and oxygen atoms in total. The minimum atomic E-state index is -1.25. The summed E-state index contributed by atoms with van der Waals surface area (Å²) in [6.45, 7) is 6.01. The zero-order valence-corrected chi connectivity index (χ0v) is 13.3. The fraction of sp³-hybridized carbons (Fsp3) is 0.278. The lowest BCUT2D eigenvalue weighted by Gasteiger charge is -2.29. The molecule has 0 radical (unpaired) electrons. The standard InChI is InChI=1S/C18H21NO3/c1-12(2)16-10-5-13(3)11-17(16)19(18(20)21)14-6-8-15(22-4)9-7-14/h5-12H,1-4H3,(H,20,21)/p-1. The molecule has 0 aliphatic heterocycles. The van der Waals surface area contributed by atoms with Crippen LogP contribution >= 0.6 is 0 Å². The lowest BCUT2D eigenvalue weighted by molar-refractivity contribution is -0.245. The Kier molecular flexibility index (Phi) is 4.71. The van der Waals surface area contributed by atoms with Gasteiger partial charge in [-0.3, -0.25) is 4.90 Å². The van der Waals surface area contributed by atoms with Crippen molar-refractivity contribution in [3.05, 3.63) is 53.6 Å². The van der Waals surface area contributed by atoms with E-state index >= 15 is 0 Å². The van der Waals surface area contributed by atoms with Crippen LogP contribution in [-0.4, -0.2) is 13.2 Å². The number of amides is 1. The summed E-state index contributed by atoms with van der Waals surface area (Å²) in [6, 6.07) is 12.7. The van der Waals surface area contributed by atoms with Gasteiger partial charge in [0, 0.05) is 5.69 Å². The summed E-state index contributed by atoms with van der Waals surface area (Å²) in [7, 11) is 1.57. The molecular weight excluding hydrogens is 278 g/mol. The average Bonchev–Trinajstić information content (AvgIpc) is 2.47. The Balaban J connectivity index is 2.56. The van der Waals surface area contributed by atoms with Crippen molar-refractivity contribution >= 4 is 17.5 Å². The van der Waals surface area contributed by atoms with Gasteiger partial charge in [0.2, 0.25) is 0 Å². The Morgan fingerprint density at radius 1 is 1.14 bits per heavy atom. The van der Waals surface area contributed by atoms with E-state index in [1.807, 2.05) is 39.0 Å². The number of rotatable bonds is 4. The molecule has 116 valence electrons. The number of aryl methyl sites for hydroxylation is 1. The van der Waals surface area contributed by atoms with Gasteiger partial charge < -0.3 is 14.6 Å².